The monoisotopic (exact) mass is 185 g/mol. The molecule has 3 unspecified atom stereocenters. The summed E-state index contributed by atoms with van der Waals surface area (Å²) in [4.78, 5) is 0. The van der Waals surface area contributed by atoms with E-state index in [-0.39, 0.29) is 0 Å². The fraction of sp³-hybridized carbons (Fsp3) is 1.00. The number of hydrogen-bond donors (Lipinski definition) is 1. The van der Waals surface area contributed by atoms with Crippen LogP contribution in [0.4, 0.5) is 0 Å². The van der Waals surface area contributed by atoms with Crippen molar-refractivity contribution in [3.8, 4) is 0 Å². The van der Waals surface area contributed by atoms with E-state index in [9.17, 15) is 0 Å². The van der Waals surface area contributed by atoms with Gasteiger partial charge in [0.15, 0.2) is 0 Å². The van der Waals surface area contributed by atoms with Crippen molar-refractivity contribution in [1.82, 2.24) is 5.32 Å². The van der Waals surface area contributed by atoms with Gasteiger partial charge in [-0.2, -0.15) is 0 Å². The lowest BCUT2D eigenvalue weighted by Crippen LogP contribution is -2.30. The van der Waals surface area contributed by atoms with Gasteiger partial charge in [0.05, 0.1) is 12.7 Å². The topological polar surface area (TPSA) is 21.3 Å². The molecule has 0 aromatic heterocycles. The molecule has 0 bridgehead atoms. The third-order valence-electron chi connectivity index (χ3n) is 3.24. The molecule has 2 nitrogen and oxygen atoms in total. The zero-order valence-electron chi connectivity index (χ0n) is 9.34. The second-order valence-electron chi connectivity index (χ2n) is 4.47. The molecule has 0 heterocycles. The van der Waals surface area contributed by atoms with Gasteiger partial charge >= 0.3 is 0 Å². The molecule has 0 aliphatic heterocycles. The summed E-state index contributed by atoms with van der Waals surface area (Å²) in [6, 6.07) is 0.709. The normalized spacial score (nSPS) is 34.4. The highest BCUT2D eigenvalue weighted by Crippen LogP contribution is 2.31. The minimum atomic E-state index is 0.376. The van der Waals surface area contributed by atoms with Gasteiger partial charge < -0.3 is 10.1 Å². The lowest BCUT2D eigenvalue weighted by Gasteiger charge is -2.21. The third-order valence-corrected chi connectivity index (χ3v) is 3.24. The standard InChI is InChI=1S/C11H23NO/c1-8(2)13-7-10-5-6-11(12-4)9(10)3/h8-12H,5-7H2,1-4H3. The Morgan fingerprint density at radius 3 is 2.54 bits per heavy atom. The van der Waals surface area contributed by atoms with Crippen LogP contribution in [0.3, 0.4) is 0 Å². The van der Waals surface area contributed by atoms with Gasteiger partial charge in [0, 0.05) is 6.04 Å². The first-order valence-electron chi connectivity index (χ1n) is 5.44. The Morgan fingerprint density at radius 2 is 2.08 bits per heavy atom. The zero-order valence-corrected chi connectivity index (χ0v) is 9.34. The van der Waals surface area contributed by atoms with Crippen LogP contribution < -0.4 is 5.32 Å². The van der Waals surface area contributed by atoms with Crippen LogP contribution in [0.25, 0.3) is 0 Å². The van der Waals surface area contributed by atoms with Crippen LogP contribution in [-0.4, -0.2) is 25.8 Å². The molecular weight excluding hydrogens is 162 g/mol. The number of ether oxygens (including phenoxy) is 1. The molecule has 1 aliphatic rings. The lowest BCUT2D eigenvalue weighted by molar-refractivity contribution is 0.0418. The summed E-state index contributed by atoms with van der Waals surface area (Å²) in [5, 5.41) is 3.38. The van der Waals surface area contributed by atoms with E-state index < -0.39 is 0 Å². The highest BCUT2D eigenvalue weighted by molar-refractivity contribution is 4.85. The quantitative estimate of drug-likeness (QED) is 0.723. The molecule has 0 amide bonds. The summed E-state index contributed by atoms with van der Waals surface area (Å²) in [6.45, 7) is 7.49. The van der Waals surface area contributed by atoms with Crippen molar-refractivity contribution < 1.29 is 4.74 Å². The molecule has 1 fully saturated rings. The molecular formula is C11H23NO. The van der Waals surface area contributed by atoms with Gasteiger partial charge in [-0.15, -0.1) is 0 Å². The molecule has 0 saturated heterocycles. The Balaban J connectivity index is 2.28. The Labute approximate surface area is 82.0 Å². The predicted octanol–water partition coefficient (Wildman–Crippen LogP) is 2.05. The molecule has 1 rings (SSSR count). The van der Waals surface area contributed by atoms with E-state index in [1.54, 1.807) is 0 Å². The van der Waals surface area contributed by atoms with Crippen LogP contribution in [0, 0.1) is 11.8 Å². The molecule has 0 radical (unpaired) electrons. The Bertz CT molecular complexity index is 147. The van der Waals surface area contributed by atoms with Crippen LogP contribution >= 0.6 is 0 Å². The average Bonchev–Trinajstić information content (AvgIpc) is 2.43. The van der Waals surface area contributed by atoms with E-state index in [1.807, 2.05) is 0 Å². The average molecular weight is 185 g/mol. The number of hydrogen-bond acceptors (Lipinski definition) is 2. The van der Waals surface area contributed by atoms with Gasteiger partial charge in [0.2, 0.25) is 0 Å². The van der Waals surface area contributed by atoms with Crippen molar-refractivity contribution in [2.75, 3.05) is 13.7 Å². The minimum Gasteiger partial charge on any atom is -0.378 e. The highest BCUT2D eigenvalue weighted by atomic mass is 16.5. The molecule has 13 heavy (non-hydrogen) atoms. The van der Waals surface area contributed by atoms with Gasteiger partial charge in [-0.05, 0) is 45.6 Å². The Morgan fingerprint density at radius 1 is 1.38 bits per heavy atom. The van der Waals surface area contributed by atoms with E-state index in [4.69, 9.17) is 4.74 Å². The summed E-state index contributed by atoms with van der Waals surface area (Å²) in [5.41, 5.74) is 0. The summed E-state index contributed by atoms with van der Waals surface area (Å²) in [6.07, 6.45) is 3.00. The van der Waals surface area contributed by atoms with E-state index in [0.717, 1.165) is 18.4 Å². The van der Waals surface area contributed by atoms with Crippen molar-refractivity contribution in [3.63, 3.8) is 0 Å². The lowest BCUT2D eigenvalue weighted by atomic mass is 9.97. The van der Waals surface area contributed by atoms with Gasteiger partial charge in [-0.1, -0.05) is 6.92 Å². The smallest absolute Gasteiger partial charge is 0.0519 e. The zero-order chi connectivity index (χ0) is 9.84. The van der Waals surface area contributed by atoms with Gasteiger partial charge in [-0.25, -0.2) is 0 Å². The van der Waals surface area contributed by atoms with Crippen LogP contribution in [-0.2, 0) is 4.74 Å². The van der Waals surface area contributed by atoms with Crippen LogP contribution in [0.2, 0.25) is 0 Å². The summed E-state index contributed by atoms with van der Waals surface area (Å²) < 4.78 is 5.66. The van der Waals surface area contributed by atoms with Crippen molar-refractivity contribution in [3.05, 3.63) is 0 Å². The maximum Gasteiger partial charge on any atom is 0.0519 e. The maximum absolute atomic E-state index is 5.66. The molecule has 2 heteroatoms. The van der Waals surface area contributed by atoms with Gasteiger partial charge in [0.1, 0.15) is 0 Å². The number of nitrogens with one attached hydrogen (secondary N) is 1. The fourth-order valence-corrected chi connectivity index (χ4v) is 2.21. The van der Waals surface area contributed by atoms with Crippen LogP contribution in [0.15, 0.2) is 0 Å². The largest absolute Gasteiger partial charge is 0.378 e. The van der Waals surface area contributed by atoms with E-state index in [2.05, 4.69) is 33.1 Å². The first kappa shape index (κ1) is 11.0. The van der Waals surface area contributed by atoms with Crippen molar-refractivity contribution in [2.24, 2.45) is 11.8 Å². The van der Waals surface area contributed by atoms with Gasteiger partial charge in [0.25, 0.3) is 0 Å². The van der Waals surface area contributed by atoms with E-state index in [0.29, 0.717) is 12.1 Å². The Hall–Kier alpha value is -0.0800. The molecule has 3 atom stereocenters. The molecule has 0 spiro atoms. The van der Waals surface area contributed by atoms with Crippen molar-refractivity contribution >= 4 is 0 Å². The van der Waals surface area contributed by atoms with Crippen LogP contribution in [0.1, 0.15) is 33.6 Å². The predicted molar refractivity (Wildman–Crippen MR) is 55.8 cm³/mol. The van der Waals surface area contributed by atoms with Crippen LogP contribution in [0.5, 0.6) is 0 Å². The second-order valence-corrected chi connectivity index (χ2v) is 4.47. The third kappa shape index (κ3) is 2.96. The fourth-order valence-electron chi connectivity index (χ4n) is 2.21. The second kappa shape index (κ2) is 4.97. The molecule has 1 saturated carbocycles. The summed E-state index contributed by atoms with van der Waals surface area (Å²) >= 11 is 0. The molecule has 0 aromatic rings. The SMILES string of the molecule is CNC1CCC(COC(C)C)C1C. The first-order chi connectivity index (χ1) is 6.15. The molecule has 1 N–H and O–H groups in total. The van der Waals surface area contributed by atoms with E-state index >= 15 is 0 Å². The maximum atomic E-state index is 5.66. The number of rotatable bonds is 4. The Kier molecular flexibility index (Phi) is 4.20. The molecule has 78 valence electrons. The first-order valence-corrected chi connectivity index (χ1v) is 5.44. The molecule has 1 aliphatic carbocycles. The summed E-state index contributed by atoms with van der Waals surface area (Å²) in [7, 11) is 2.06. The molecule has 0 aromatic carbocycles. The van der Waals surface area contributed by atoms with Gasteiger partial charge in [-0.3, -0.25) is 0 Å². The van der Waals surface area contributed by atoms with Crippen molar-refractivity contribution in [1.29, 1.82) is 0 Å². The van der Waals surface area contributed by atoms with E-state index in [1.165, 1.54) is 12.8 Å². The summed E-state index contributed by atoms with van der Waals surface area (Å²) in [5.74, 6) is 1.53. The minimum absolute atomic E-state index is 0.376. The van der Waals surface area contributed by atoms with Crippen molar-refractivity contribution in [2.45, 2.75) is 45.8 Å². The highest BCUT2D eigenvalue weighted by Gasteiger charge is 2.31.